The first-order chi connectivity index (χ1) is 14.2. The number of benzene rings is 2. The van der Waals surface area contributed by atoms with Crippen LogP contribution < -0.4 is 10.2 Å². The fourth-order valence-corrected chi connectivity index (χ4v) is 3.86. The molecule has 2 aromatic carbocycles. The Kier molecular flexibility index (Phi) is 5.56. The number of aromatic nitrogens is 2. The number of rotatable bonds is 6. The smallest absolute Gasteiger partial charge is 0.259 e. The SMILES string of the molecule is CCN(C(=O)c1ccc2c(c1)CCC2)c1ccnc(N[C@@H](C)c2ccccc2)n1. The van der Waals surface area contributed by atoms with Gasteiger partial charge in [0.1, 0.15) is 5.82 Å². The number of nitrogens with one attached hydrogen (secondary N) is 1. The van der Waals surface area contributed by atoms with Crippen molar-refractivity contribution in [2.24, 2.45) is 0 Å². The first kappa shape index (κ1) is 19.1. The Balaban J connectivity index is 1.54. The van der Waals surface area contributed by atoms with Crippen LogP contribution >= 0.6 is 0 Å². The minimum absolute atomic E-state index is 0.0250. The Hall–Kier alpha value is -3.21. The Labute approximate surface area is 171 Å². The van der Waals surface area contributed by atoms with Crippen molar-refractivity contribution in [3.05, 3.63) is 83.0 Å². The van der Waals surface area contributed by atoms with Crippen molar-refractivity contribution in [1.29, 1.82) is 0 Å². The molecule has 1 aliphatic rings. The van der Waals surface area contributed by atoms with Crippen LogP contribution in [0, 0.1) is 0 Å². The van der Waals surface area contributed by atoms with Gasteiger partial charge in [0.2, 0.25) is 5.95 Å². The third-order valence-electron chi connectivity index (χ3n) is 5.47. The maximum atomic E-state index is 13.2. The van der Waals surface area contributed by atoms with Crippen LogP contribution in [0.1, 0.15) is 53.4 Å². The quantitative estimate of drug-likeness (QED) is 0.661. The Morgan fingerprint density at radius 1 is 1.10 bits per heavy atom. The molecular weight excluding hydrogens is 360 g/mol. The fourth-order valence-electron chi connectivity index (χ4n) is 3.86. The Morgan fingerprint density at radius 3 is 2.69 bits per heavy atom. The van der Waals surface area contributed by atoms with Crippen LogP contribution in [0.2, 0.25) is 0 Å². The molecule has 3 aromatic rings. The van der Waals surface area contributed by atoms with E-state index >= 15 is 0 Å². The molecule has 1 heterocycles. The van der Waals surface area contributed by atoms with Gasteiger partial charge in [-0.25, -0.2) is 4.98 Å². The molecule has 1 amide bonds. The van der Waals surface area contributed by atoms with Crippen molar-refractivity contribution in [2.45, 2.75) is 39.2 Å². The van der Waals surface area contributed by atoms with Gasteiger partial charge in [-0.1, -0.05) is 36.4 Å². The summed E-state index contributed by atoms with van der Waals surface area (Å²) in [4.78, 5) is 23.8. The van der Waals surface area contributed by atoms with Gasteiger partial charge in [0.05, 0.1) is 6.04 Å². The second-order valence-electron chi connectivity index (χ2n) is 7.40. The highest BCUT2D eigenvalue weighted by molar-refractivity contribution is 6.05. The molecule has 1 aromatic heterocycles. The zero-order chi connectivity index (χ0) is 20.2. The van der Waals surface area contributed by atoms with E-state index in [-0.39, 0.29) is 11.9 Å². The number of nitrogens with zero attached hydrogens (tertiary/aromatic N) is 3. The standard InChI is InChI=1S/C24H26N4O/c1-3-28(23(29)21-13-12-19-10-7-11-20(19)16-21)22-14-15-25-24(27-22)26-17(2)18-8-5-4-6-9-18/h4-6,8-9,12-17H,3,7,10-11H2,1-2H3,(H,25,26,27)/t17-/m0/s1. The average Bonchev–Trinajstić information content (AvgIpc) is 3.23. The molecule has 0 saturated carbocycles. The summed E-state index contributed by atoms with van der Waals surface area (Å²) < 4.78 is 0. The largest absolute Gasteiger partial charge is 0.348 e. The third-order valence-corrected chi connectivity index (χ3v) is 5.47. The number of hydrogen-bond acceptors (Lipinski definition) is 4. The molecule has 148 valence electrons. The van der Waals surface area contributed by atoms with E-state index in [9.17, 15) is 4.79 Å². The summed E-state index contributed by atoms with van der Waals surface area (Å²) in [5.41, 5.74) is 4.54. The lowest BCUT2D eigenvalue weighted by Gasteiger charge is -2.21. The molecule has 5 nitrogen and oxygen atoms in total. The number of fused-ring (bicyclic) bond motifs is 1. The van der Waals surface area contributed by atoms with Crippen molar-refractivity contribution in [2.75, 3.05) is 16.8 Å². The van der Waals surface area contributed by atoms with Gasteiger partial charge in [-0.05, 0) is 68.0 Å². The maximum absolute atomic E-state index is 13.2. The third kappa shape index (κ3) is 4.14. The normalized spacial score (nSPS) is 13.6. The minimum atomic E-state index is -0.0250. The second kappa shape index (κ2) is 8.43. The highest BCUT2D eigenvalue weighted by atomic mass is 16.2. The Morgan fingerprint density at radius 2 is 1.90 bits per heavy atom. The summed E-state index contributed by atoms with van der Waals surface area (Å²) in [6.45, 7) is 4.58. The number of aryl methyl sites for hydroxylation is 2. The van der Waals surface area contributed by atoms with E-state index in [1.807, 2.05) is 37.3 Å². The second-order valence-corrected chi connectivity index (χ2v) is 7.40. The lowest BCUT2D eigenvalue weighted by Crippen LogP contribution is -2.31. The molecule has 4 rings (SSSR count). The summed E-state index contributed by atoms with van der Waals surface area (Å²) in [6.07, 6.45) is 5.04. The van der Waals surface area contributed by atoms with Crippen LogP contribution in [0.3, 0.4) is 0 Å². The minimum Gasteiger partial charge on any atom is -0.348 e. The zero-order valence-corrected chi connectivity index (χ0v) is 16.9. The molecule has 0 radical (unpaired) electrons. The predicted molar refractivity (Wildman–Crippen MR) is 116 cm³/mol. The van der Waals surface area contributed by atoms with Gasteiger partial charge < -0.3 is 5.32 Å². The van der Waals surface area contributed by atoms with E-state index in [1.54, 1.807) is 17.2 Å². The number of carbonyl (C=O) groups is 1. The molecule has 1 N–H and O–H groups in total. The molecular formula is C24H26N4O. The number of carbonyl (C=O) groups excluding carboxylic acids is 1. The zero-order valence-electron chi connectivity index (χ0n) is 16.9. The molecule has 0 spiro atoms. The lowest BCUT2D eigenvalue weighted by atomic mass is 10.1. The summed E-state index contributed by atoms with van der Waals surface area (Å²) in [5.74, 6) is 1.10. The molecule has 0 fully saturated rings. The van der Waals surface area contributed by atoms with Crippen LogP contribution in [0.15, 0.2) is 60.8 Å². The summed E-state index contributed by atoms with van der Waals surface area (Å²) in [7, 11) is 0. The van der Waals surface area contributed by atoms with E-state index in [0.29, 0.717) is 18.3 Å². The monoisotopic (exact) mass is 386 g/mol. The van der Waals surface area contributed by atoms with E-state index in [4.69, 9.17) is 0 Å². The van der Waals surface area contributed by atoms with Gasteiger partial charge in [-0.2, -0.15) is 4.98 Å². The topological polar surface area (TPSA) is 58.1 Å². The lowest BCUT2D eigenvalue weighted by molar-refractivity contribution is 0.0987. The van der Waals surface area contributed by atoms with Gasteiger partial charge in [-0.15, -0.1) is 0 Å². The van der Waals surface area contributed by atoms with Gasteiger partial charge in [0.15, 0.2) is 0 Å². The molecule has 0 saturated heterocycles. The number of hydrogen-bond donors (Lipinski definition) is 1. The molecule has 1 aliphatic carbocycles. The highest BCUT2D eigenvalue weighted by Crippen LogP contribution is 2.25. The predicted octanol–water partition coefficient (Wildman–Crippen LogP) is 4.81. The van der Waals surface area contributed by atoms with E-state index in [1.165, 1.54) is 17.5 Å². The fraction of sp³-hybridized carbons (Fsp3) is 0.292. The van der Waals surface area contributed by atoms with Crippen LogP contribution in [0.25, 0.3) is 0 Å². The first-order valence-corrected chi connectivity index (χ1v) is 10.2. The maximum Gasteiger partial charge on any atom is 0.259 e. The van der Waals surface area contributed by atoms with Crippen molar-refractivity contribution in [3.63, 3.8) is 0 Å². The van der Waals surface area contributed by atoms with Crippen molar-refractivity contribution in [3.8, 4) is 0 Å². The van der Waals surface area contributed by atoms with Crippen LogP contribution in [0.5, 0.6) is 0 Å². The molecule has 0 unspecified atom stereocenters. The van der Waals surface area contributed by atoms with Crippen molar-refractivity contribution in [1.82, 2.24) is 9.97 Å². The highest BCUT2D eigenvalue weighted by Gasteiger charge is 2.20. The van der Waals surface area contributed by atoms with Gasteiger partial charge >= 0.3 is 0 Å². The van der Waals surface area contributed by atoms with Crippen LogP contribution in [-0.2, 0) is 12.8 Å². The van der Waals surface area contributed by atoms with Crippen LogP contribution in [-0.4, -0.2) is 22.4 Å². The average molecular weight is 386 g/mol. The molecule has 1 atom stereocenters. The summed E-state index contributed by atoms with van der Waals surface area (Å²) in [6, 6.07) is 18.1. The van der Waals surface area contributed by atoms with Gasteiger partial charge in [-0.3, -0.25) is 9.69 Å². The van der Waals surface area contributed by atoms with E-state index < -0.39 is 0 Å². The molecule has 0 bridgehead atoms. The Bertz CT molecular complexity index is 1000. The molecule has 5 heteroatoms. The first-order valence-electron chi connectivity index (χ1n) is 10.2. The van der Waals surface area contributed by atoms with E-state index in [0.717, 1.165) is 24.0 Å². The molecule has 29 heavy (non-hydrogen) atoms. The van der Waals surface area contributed by atoms with Crippen molar-refractivity contribution >= 4 is 17.7 Å². The van der Waals surface area contributed by atoms with E-state index in [2.05, 4.69) is 40.4 Å². The summed E-state index contributed by atoms with van der Waals surface area (Å²) >= 11 is 0. The number of amides is 1. The molecule has 0 aliphatic heterocycles. The number of anilines is 2. The van der Waals surface area contributed by atoms with Gasteiger partial charge in [0.25, 0.3) is 5.91 Å². The summed E-state index contributed by atoms with van der Waals surface area (Å²) in [5, 5.41) is 3.33. The van der Waals surface area contributed by atoms with Crippen LogP contribution in [0.4, 0.5) is 11.8 Å². The van der Waals surface area contributed by atoms with Crippen molar-refractivity contribution < 1.29 is 4.79 Å². The van der Waals surface area contributed by atoms with Gasteiger partial charge in [0, 0.05) is 18.3 Å².